The first-order chi connectivity index (χ1) is 8.86. The van der Waals surface area contributed by atoms with Crippen LogP contribution in [0.15, 0.2) is 18.5 Å². The summed E-state index contributed by atoms with van der Waals surface area (Å²) in [7, 11) is 0. The maximum atomic E-state index is 12.4. The maximum absolute atomic E-state index is 12.4. The summed E-state index contributed by atoms with van der Waals surface area (Å²) >= 11 is 7.26. The van der Waals surface area contributed by atoms with Gasteiger partial charge in [0, 0.05) is 17.3 Å². The van der Waals surface area contributed by atoms with Crippen molar-refractivity contribution in [1.82, 2.24) is 9.97 Å². The number of alkyl halides is 3. The number of pyridine rings is 1. The Morgan fingerprint density at radius 2 is 2.05 bits per heavy atom. The molecule has 2 heterocycles. The highest BCUT2D eigenvalue weighted by Crippen LogP contribution is 2.32. The number of halogens is 4. The molecule has 0 atom stereocenters. The van der Waals surface area contributed by atoms with Gasteiger partial charge >= 0.3 is 6.18 Å². The number of aryl methyl sites for hydroxylation is 1. The number of hydrogen-bond acceptors (Lipinski definition) is 4. The molecule has 3 nitrogen and oxygen atoms in total. The summed E-state index contributed by atoms with van der Waals surface area (Å²) in [4.78, 5) is 8.86. The Labute approximate surface area is 116 Å². The molecule has 0 fully saturated rings. The van der Waals surface area contributed by atoms with Crippen molar-refractivity contribution in [1.29, 1.82) is 0 Å². The summed E-state index contributed by atoms with van der Waals surface area (Å²) in [5.41, 5.74) is -0.867. The summed E-state index contributed by atoms with van der Waals surface area (Å²) in [6, 6.07) is 0.851. The fourth-order valence-electron chi connectivity index (χ4n) is 1.37. The zero-order valence-electron chi connectivity index (χ0n) is 9.75. The number of anilines is 1. The Morgan fingerprint density at radius 1 is 1.32 bits per heavy atom. The zero-order valence-corrected chi connectivity index (χ0v) is 11.3. The molecule has 19 heavy (non-hydrogen) atoms. The molecule has 0 saturated carbocycles. The van der Waals surface area contributed by atoms with E-state index in [2.05, 4.69) is 15.3 Å². The molecule has 0 aromatic carbocycles. The first-order valence-corrected chi connectivity index (χ1v) is 6.43. The lowest BCUT2D eigenvalue weighted by atomic mass is 10.3. The summed E-state index contributed by atoms with van der Waals surface area (Å²) in [6.07, 6.45) is -1.97. The second kappa shape index (κ2) is 5.34. The minimum Gasteiger partial charge on any atom is -0.362 e. The van der Waals surface area contributed by atoms with Crippen LogP contribution >= 0.6 is 22.9 Å². The molecule has 0 aliphatic rings. The molecule has 0 amide bonds. The normalized spacial score (nSPS) is 11.6. The number of thiazole rings is 1. The molecule has 1 N–H and O–H groups in total. The van der Waals surface area contributed by atoms with Crippen LogP contribution in [0.3, 0.4) is 0 Å². The van der Waals surface area contributed by atoms with Crippen molar-refractivity contribution in [3.05, 3.63) is 38.9 Å². The van der Waals surface area contributed by atoms with Gasteiger partial charge in [0.1, 0.15) is 10.8 Å². The van der Waals surface area contributed by atoms with Crippen LogP contribution in [-0.2, 0) is 12.7 Å². The van der Waals surface area contributed by atoms with Crippen molar-refractivity contribution < 1.29 is 13.2 Å². The van der Waals surface area contributed by atoms with Gasteiger partial charge in [0.05, 0.1) is 17.1 Å². The van der Waals surface area contributed by atoms with Crippen LogP contribution in [0.2, 0.25) is 5.02 Å². The van der Waals surface area contributed by atoms with Crippen LogP contribution in [0.1, 0.15) is 15.4 Å². The minimum atomic E-state index is -4.44. The molecule has 2 aromatic rings. The third-order valence-electron chi connectivity index (χ3n) is 2.24. The Balaban J connectivity index is 2.09. The minimum absolute atomic E-state index is 0.0666. The van der Waals surface area contributed by atoms with Crippen molar-refractivity contribution in [3.8, 4) is 0 Å². The molecule has 0 saturated heterocycles. The SMILES string of the molecule is Cc1cnc(CNc2ncc(C(F)(F)F)cc2Cl)s1. The Bertz CT molecular complexity index is 583. The van der Waals surface area contributed by atoms with Gasteiger partial charge in [-0.1, -0.05) is 11.6 Å². The van der Waals surface area contributed by atoms with Crippen LogP contribution in [-0.4, -0.2) is 9.97 Å². The second-order valence-electron chi connectivity index (χ2n) is 3.77. The summed E-state index contributed by atoms with van der Waals surface area (Å²) in [5.74, 6) is 0.211. The van der Waals surface area contributed by atoms with Crippen molar-refractivity contribution in [2.75, 3.05) is 5.32 Å². The molecule has 0 bridgehead atoms. The van der Waals surface area contributed by atoms with Gasteiger partial charge < -0.3 is 5.32 Å². The number of nitrogens with one attached hydrogen (secondary N) is 1. The highest BCUT2D eigenvalue weighted by Gasteiger charge is 2.31. The van der Waals surface area contributed by atoms with Crippen LogP contribution in [0.4, 0.5) is 19.0 Å². The van der Waals surface area contributed by atoms with Gasteiger partial charge in [0.15, 0.2) is 0 Å². The van der Waals surface area contributed by atoms with Crippen LogP contribution < -0.4 is 5.32 Å². The van der Waals surface area contributed by atoms with Crippen LogP contribution in [0, 0.1) is 6.92 Å². The molecular formula is C11H9ClF3N3S. The highest BCUT2D eigenvalue weighted by molar-refractivity contribution is 7.11. The van der Waals surface area contributed by atoms with E-state index in [0.29, 0.717) is 6.54 Å². The molecule has 2 rings (SSSR count). The fourth-order valence-corrected chi connectivity index (χ4v) is 2.33. The summed E-state index contributed by atoms with van der Waals surface area (Å²) < 4.78 is 37.3. The van der Waals surface area contributed by atoms with E-state index in [1.54, 1.807) is 6.20 Å². The first kappa shape index (κ1) is 14.1. The Hall–Kier alpha value is -1.34. The molecular weight excluding hydrogens is 299 g/mol. The van der Waals surface area contributed by atoms with Gasteiger partial charge in [0.25, 0.3) is 0 Å². The predicted molar refractivity (Wildman–Crippen MR) is 68.4 cm³/mol. The molecule has 8 heteroatoms. The summed E-state index contributed by atoms with van der Waals surface area (Å²) in [6.45, 7) is 2.29. The monoisotopic (exact) mass is 307 g/mol. The topological polar surface area (TPSA) is 37.8 Å². The molecule has 0 spiro atoms. The largest absolute Gasteiger partial charge is 0.417 e. The van der Waals surface area contributed by atoms with Gasteiger partial charge in [-0.25, -0.2) is 9.97 Å². The molecule has 0 radical (unpaired) electrons. The van der Waals surface area contributed by atoms with E-state index in [1.165, 1.54) is 11.3 Å². The molecule has 102 valence electrons. The summed E-state index contributed by atoms with van der Waals surface area (Å²) in [5, 5.41) is 3.61. The molecule has 0 aliphatic heterocycles. The zero-order chi connectivity index (χ0) is 14.0. The average Bonchev–Trinajstić information content (AvgIpc) is 2.72. The van der Waals surface area contributed by atoms with Crippen molar-refractivity contribution in [2.45, 2.75) is 19.6 Å². The number of rotatable bonds is 3. The first-order valence-electron chi connectivity index (χ1n) is 5.24. The van der Waals surface area contributed by atoms with Gasteiger partial charge in [-0.05, 0) is 13.0 Å². The lowest BCUT2D eigenvalue weighted by molar-refractivity contribution is -0.137. The molecule has 0 unspecified atom stereocenters. The number of nitrogens with zero attached hydrogens (tertiary/aromatic N) is 2. The number of aromatic nitrogens is 2. The molecule has 2 aromatic heterocycles. The second-order valence-corrected chi connectivity index (χ2v) is 5.50. The fraction of sp³-hybridized carbons (Fsp3) is 0.273. The third kappa shape index (κ3) is 3.57. The van der Waals surface area contributed by atoms with Crippen molar-refractivity contribution in [2.24, 2.45) is 0 Å². The van der Waals surface area contributed by atoms with Gasteiger partial charge in [-0.2, -0.15) is 13.2 Å². The van der Waals surface area contributed by atoms with Gasteiger partial charge in [-0.3, -0.25) is 0 Å². The highest BCUT2D eigenvalue weighted by atomic mass is 35.5. The van der Waals surface area contributed by atoms with E-state index in [0.717, 1.165) is 22.1 Å². The van der Waals surface area contributed by atoms with Crippen LogP contribution in [0.5, 0.6) is 0 Å². The van der Waals surface area contributed by atoms with Crippen LogP contribution in [0.25, 0.3) is 0 Å². The van der Waals surface area contributed by atoms with E-state index >= 15 is 0 Å². The maximum Gasteiger partial charge on any atom is 0.417 e. The van der Waals surface area contributed by atoms with Gasteiger partial charge in [0.2, 0.25) is 0 Å². The number of hydrogen-bond donors (Lipinski definition) is 1. The Morgan fingerprint density at radius 3 is 2.58 bits per heavy atom. The van der Waals surface area contributed by atoms with Gasteiger partial charge in [-0.15, -0.1) is 11.3 Å². The Kier molecular flexibility index (Phi) is 3.96. The lowest BCUT2D eigenvalue weighted by Crippen LogP contribution is -2.07. The predicted octanol–water partition coefficient (Wildman–Crippen LogP) is 4.13. The van der Waals surface area contributed by atoms with E-state index in [1.807, 2.05) is 6.92 Å². The van der Waals surface area contributed by atoms with E-state index < -0.39 is 11.7 Å². The smallest absolute Gasteiger partial charge is 0.362 e. The standard InChI is InChI=1S/C11H9ClF3N3S/c1-6-3-16-9(19-6)5-18-10-8(12)2-7(4-17-10)11(13,14)15/h2-4H,5H2,1H3,(H,17,18). The van der Waals surface area contributed by atoms with Crippen molar-refractivity contribution in [3.63, 3.8) is 0 Å². The average molecular weight is 308 g/mol. The quantitative estimate of drug-likeness (QED) is 0.926. The third-order valence-corrected chi connectivity index (χ3v) is 3.45. The van der Waals surface area contributed by atoms with Crippen molar-refractivity contribution >= 4 is 28.8 Å². The lowest BCUT2D eigenvalue weighted by Gasteiger charge is -2.09. The molecule has 0 aliphatic carbocycles. The van der Waals surface area contributed by atoms with E-state index in [4.69, 9.17) is 11.6 Å². The van der Waals surface area contributed by atoms with E-state index in [9.17, 15) is 13.2 Å². The van der Waals surface area contributed by atoms with E-state index in [-0.39, 0.29) is 10.8 Å².